The van der Waals surface area contributed by atoms with Crippen LogP contribution >= 0.6 is 0 Å². The highest BCUT2D eigenvalue weighted by Gasteiger charge is 2.72. The number of hydrogen-bond donors (Lipinski definition) is 1. The Morgan fingerprint density at radius 1 is 1.11 bits per heavy atom. The summed E-state index contributed by atoms with van der Waals surface area (Å²) in [5.74, 6) is -2.84. The predicted octanol–water partition coefficient (Wildman–Crippen LogP) is 2.39. The molecule has 4 heterocycles. The quantitative estimate of drug-likeness (QED) is 0.355. The van der Waals surface area contributed by atoms with Gasteiger partial charge in [-0.25, -0.2) is 0 Å². The second kappa shape index (κ2) is 10.2. The van der Waals surface area contributed by atoms with Crippen LogP contribution in [0.2, 0.25) is 0 Å². The maximum atomic E-state index is 14.2. The Kier molecular flexibility index (Phi) is 6.99. The Balaban J connectivity index is 1.62. The molecule has 2 saturated heterocycles. The van der Waals surface area contributed by atoms with E-state index in [2.05, 4.69) is 6.92 Å². The van der Waals surface area contributed by atoms with E-state index in [-0.39, 0.29) is 25.0 Å². The molecule has 36 heavy (non-hydrogen) atoms. The first-order valence-corrected chi connectivity index (χ1v) is 13.0. The van der Waals surface area contributed by atoms with Gasteiger partial charge >= 0.3 is 5.97 Å². The van der Waals surface area contributed by atoms with Crippen LogP contribution in [0.15, 0.2) is 54.6 Å². The average molecular weight is 495 g/mol. The summed E-state index contributed by atoms with van der Waals surface area (Å²) in [6.45, 7) is 2.96. The molecule has 1 spiro atoms. The number of ether oxygens (including phenoxy) is 2. The summed E-state index contributed by atoms with van der Waals surface area (Å²) in [4.78, 5) is 44.8. The molecule has 2 fully saturated rings. The second-order valence-corrected chi connectivity index (χ2v) is 9.97. The van der Waals surface area contributed by atoms with E-state index in [9.17, 15) is 19.5 Å². The molecular weight excluding hydrogens is 460 g/mol. The number of esters is 1. The minimum Gasteiger partial charge on any atom is -0.465 e. The van der Waals surface area contributed by atoms with E-state index in [1.54, 1.807) is 4.90 Å². The monoisotopic (exact) mass is 494 g/mol. The van der Waals surface area contributed by atoms with E-state index in [4.69, 9.17) is 9.47 Å². The smallest absolute Gasteiger partial charge is 0.312 e. The minimum absolute atomic E-state index is 0.215. The molecule has 0 saturated carbocycles. The normalized spacial score (nSPS) is 32.3. The zero-order chi connectivity index (χ0) is 25.3. The maximum Gasteiger partial charge on any atom is 0.312 e. The van der Waals surface area contributed by atoms with Crippen LogP contribution in [0.4, 0.5) is 0 Å². The minimum atomic E-state index is -1.32. The molecular formula is C28H34N2O6. The topological polar surface area (TPSA) is 96.4 Å². The molecule has 6 atom stereocenters. The highest BCUT2D eigenvalue weighted by Crippen LogP contribution is 2.54. The largest absolute Gasteiger partial charge is 0.465 e. The first kappa shape index (κ1) is 24.7. The fourth-order valence-electron chi connectivity index (χ4n) is 6.21. The summed E-state index contributed by atoms with van der Waals surface area (Å²) in [6, 6.07) is 7.46. The number of hydrogen-bond acceptors (Lipinski definition) is 6. The summed E-state index contributed by atoms with van der Waals surface area (Å²) in [7, 11) is 0. The number of carbonyl (C=O) groups excluding carboxylic acids is 3. The number of amides is 2. The lowest BCUT2D eigenvalue weighted by Crippen LogP contribution is -2.56. The molecule has 1 unspecified atom stereocenters. The fourth-order valence-corrected chi connectivity index (χ4v) is 6.21. The number of likely N-dealkylation sites (tertiary alicyclic amines) is 1. The SMILES string of the molecule is CCCCCN1CC=C[C@]23O[C@H]4C=CCCOC(=O)[C@H]4[C@H]2C(=O)N([C@H](CO)c2ccccc2)C3C1=O. The lowest BCUT2D eigenvalue weighted by Gasteiger charge is -2.38. The Bertz CT molecular complexity index is 1060. The first-order valence-electron chi connectivity index (χ1n) is 13.0. The molecule has 0 bridgehead atoms. The van der Waals surface area contributed by atoms with Gasteiger partial charge < -0.3 is 24.4 Å². The molecule has 2 amide bonds. The number of aliphatic hydroxyl groups is 1. The standard InChI is InChI=1S/C28H34N2O6/c1-2-3-8-15-29-16-10-14-28-23(22-21(36-28)13-7-9-17-35-27(22)34)25(32)30(24(28)26(29)33)20(18-31)19-11-5-4-6-12-19/h4-7,10-14,20-24,31H,2-3,8-9,15-18H2,1H3/t20-,21+,22-,23+,24?,28+/m1/s1. The Morgan fingerprint density at radius 2 is 1.92 bits per heavy atom. The van der Waals surface area contributed by atoms with Crippen LogP contribution < -0.4 is 0 Å². The van der Waals surface area contributed by atoms with Crippen LogP contribution in [0.3, 0.4) is 0 Å². The zero-order valence-corrected chi connectivity index (χ0v) is 20.6. The van der Waals surface area contributed by atoms with E-state index >= 15 is 0 Å². The number of cyclic esters (lactones) is 1. The van der Waals surface area contributed by atoms with E-state index in [1.165, 1.54) is 4.90 Å². The molecule has 1 aromatic rings. The molecule has 8 nitrogen and oxygen atoms in total. The van der Waals surface area contributed by atoms with Crippen molar-refractivity contribution in [1.82, 2.24) is 9.80 Å². The van der Waals surface area contributed by atoms with Gasteiger partial charge in [0.25, 0.3) is 0 Å². The molecule has 0 aliphatic carbocycles. The van der Waals surface area contributed by atoms with Gasteiger partial charge in [0.05, 0.1) is 31.3 Å². The van der Waals surface area contributed by atoms with Crippen molar-refractivity contribution >= 4 is 17.8 Å². The Morgan fingerprint density at radius 3 is 2.67 bits per heavy atom. The van der Waals surface area contributed by atoms with Crippen molar-refractivity contribution in [2.24, 2.45) is 11.8 Å². The van der Waals surface area contributed by atoms with Gasteiger partial charge in [-0.3, -0.25) is 14.4 Å². The van der Waals surface area contributed by atoms with Gasteiger partial charge in [-0.15, -0.1) is 0 Å². The fraction of sp³-hybridized carbons (Fsp3) is 0.536. The average Bonchev–Trinajstić information content (AvgIpc) is 3.26. The van der Waals surface area contributed by atoms with Crippen LogP contribution in [-0.4, -0.2) is 76.7 Å². The first-order chi connectivity index (χ1) is 17.5. The molecule has 4 aliphatic heterocycles. The van der Waals surface area contributed by atoms with E-state index in [1.807, 2.05) is 54.6 Å². The summed E-state index contributed by atoms with van der Waals surface area (Å²) >= 11 is 0. The summed E-state index contributed by atoms with van der Waals surface area (Å²) in [6.07, 6.45) is 10.2. The number of unbranched alkanes of at least 4 members (excludes halogenated alkanes) is 2. The van der Waals surface area contributed by atoms with Gasteiger partial charge in [-0.05, 0) is 18.4 Å². The van der Waals surface area contributed by atoms with Crippen LogP contribution in [0.5, 0.6) is 0 Å². The number of nitrogens with zero attached hydrogens (tertiary/aromatic N) is 2. The summed E-state index contributed by atoms with van der Waals surface area (Å²) in [5, 5.41) is 10.5. The lowest BCUT2D eigenvalue weighted by molar-refractivity contribution is -0.156. The highest BCUT2D eigenvalue weighted by atomic mass is 16.6. The van der Waals surface area contributed by atoms with Crippen molar-refractivity contribution in [3.63, 3.8) is 0 Å². The highest BCUT2D eigenvalue weighted by molar-refractivity contribution is 5.99. The molecule has 192 valence electrons. The van der Waals surface area contributed by atoms with E-state index in [0.717, 1.165) is 24.8 Å². The van der Waals surface area contributed by atoms with Crippen LogP contribution in [0, 0.1) is 11.8 Å². The van der Waals surface area contributed by atoms with Gasteiger partial charge in [0.2, 0.25) is 11.8 Å². The number of carbonyl (C=O) groups is 3. The van der Waals surface area contributed by atoms with Gasteiger partial charge in [0.1, 0.15) is 17.6 Å². The predicted molar refractivity (Wildman–Crippen MR) is 131 cm³/mol. The summed E-state index contributed by atoms with van der Waals surface area (Å²) in [5.41, 5.74) is -0.599. The number of aliphatic hydroxyl groups excluding tert-OH is 1. The molecule has 1 N–H and O–H groups in total. The van der Waals surface area contributed by atoms with Crippen molar-refractivity contribution < 1.29 is 29.0 Å². The third-order valence-corrected chi connectivity index (χ3v) is 7.87. The Labute approximate surface area is 211 Å². The Hall–Kier alpha value is -2.97. The molecule has 0 aromatic heterocycles. The van der Waals surface area contributed by atoms with Crippen LogP contribution in [-0.2, 0) is 23.9 Å². The van der Waals surface area contributed by atoms with Crippen LogP contribution in [0.25, 0.3) is 0 Å². The number of fused-ring (bicyclic) bond motifs is 2. The third-order valence-electron chi connectivity index (χ3n) is 7.87. The molecule has 4 aliphatic rings. The van der Waals surface area contributed by atoms with Crippen molar-refractivity contribution in [3.8, 4) is 0 Å². The van der Waals surface area contributed by atoms with Crippen molar-refractivity contribution in [3.05, 3.63) is 60.2 Å². The van der Waals surface area contributed by atoms with Gasteiger partial charge in [-0.2, -0.15) is 0 Å². The molecule has 5 rings (SSSR count). The molecule has 1 aromatic carbocycles. The second-order valence-electron chi connectivity index (χ2n) is 9.97. The van der Waals surface area contributed by atoms with Gasteiger partial charge in [0.15, 0.2) is 0 Å². The third kappa shape index (κ3) is 3.96. The van der Waals surface area contributed by atoms with Crippen molar-refractivity contribution in [2.75, 3.05) is 26.3 Å². The van der Waals surface area contributed by atoms with Crippen molar-refractivity contribution in [1.29, 1.82) is 0 Å². The summed E-state index contributed by atoms with van der Waals surface area (Å²) < 4.78 is 12.0. The van der Waals surface area contributed by atoms with Gasteiger partial charge in [0, 0.05) is 13.1 Å². The van der Waals surface area contributed by atoms with Gasteiger partial charge in [-0.1, -0.05) is 74.4 Å². The molecule has 0 radical (unpaired) electrons. The van der Waals surface area contributed by atoms with Crippen LogP contribution in [0.1, 0.15) is 44.2 Å². The van der Waals surface area contributed by atoms with E-state index < -0.39 is 41.6 Å². The zero-order valence-electron chi connectivity index (χ0n) is 20.6. The van der Waals surface area contributed by atoms with E-state index in [0.29, 0.717) is 19.5 Å². The number of benzene rings is 1. The maximum absolute atomic E-state index is 14.2. The lowest BCUT2D eigenvalue weighted by atomic mass is 9.77. The van der Waals surface area contributed by atoms with Crippen molar-refractivity contribution in [2.45, 2.75) is 56.4 Å². The number of rotatable bonds is 7. The molecule has 8 heteroatoms.